The van der Waals surface area contributed by atoms with Crippen LogP contribution < -0.4 is 15.2 Å². The van der Waals surface area contributed by atoms with Crippen LogP contribution in [0.1, 0.15) is 31.1 Å². The van der Waals surface area contributed by atoms with Crippen molar-refractivity contribution in [1.82, 2.24) is 15.0 Å². The predicted octanol–water partition coefficient (Wildman–Crippen LogP) is 1.72. The molecule has 2 N–H and O–H groups in total. The van der Waals surface area contributed by atoms with E-state index in [0.717, 1.165) is 5.56 Å². The first kappa shape index (κ1) is 14.2. The second kappa shape index (κ2) is 6.29. The van der Waals surface area contributed by atoms with Crippen LogP contribution in [-0.4, -0.2) is 28.2 Å². The molecule has 2 aromatic rings. The fourth-order valence-corrected chi connectivity index (χ4v) is 1.75. The molecule has 2 rings (SSSR count). The van der Waals surface area contributed by atoms with E-state index in [1.165, 1.54) is 6.33 Å². The van der Waals surface area contributed by atoms with Crippen molar-refractivity contribution in [2.45, 2.75) is 26.0 Å². The highest BCUT2D eigenvalue weighted by Crippen LogP contribution is 2.22. The Morgan fingerprint density at radius 1 is 1.15 bits per heavy atom. The van der Waals surface area contributed by atoms with Crippen LogP contribution >= 0.6 is 0 Å². The van der Waals surface area contributed by atoms with Gasteiger partial charge < -0.3 is 15.2 Å². The van der Waals surface area contributed by atoms with Crippen molar-refractivity contribution >= 4 is 0 Å². The number of nitrogens with zero attached hydrogens (tertiary/aromatic N) is 3. The van der Waals surface area contributed by atoms with E-state index in [-0.39, 0.29) is 6.10 Å². The number of rotatable bonds is 5. The SMILES string of the molecule is COc1cc(C(N)c2cncc(OC(C)C)c2)ncn1. The highest BCUT2D eigenvalue weighted by atomic mass is 16.5. The van der Waals surface area contributed by atoms with Crippen molar-refractivity contribution in [3.63, 3.8) is 0 Å². The standard InChI is InChI=1S/C14H18N4O2/c1-9(2)20-11-4-10(6-16-7-11)14(15)12-5-13(19-3)18-8-17-12/h4-9,14H,15H2,1-3H3. The molecule has 6 nitrogen and oxygen atoms in total. The minimum Gasteiger partial charge on any atom is -0.489 e. The van der Waals surface area contributed by atoms with E-state index in [4.69, 9.17) is 15.2 Å². The van der Waals surface area contributed by atoms with Gasteiger partial charge in [-0.2, -0.15) is 0 Å². The summed E-state index contributed by atoms with van der Waals surface area (Å²) in [5.41, 5.74) is 7.69. The van der Waals surface area contributed by atoms with Gasteiger partial charge in [0.2, 0.25) is 5.88 Å². The summed E-state index contributed by atoms with van der Waals surface area (Å²) < 4.78 is 10.7. The van der Waals surface area contributed by atoms with E-state index in [1.807, 2.05) is 19.9 Å². The molecule has 2 aromatic heterocycles. The second-order valence-corrected chi connectivity index (χ2v) is 4.58. The highest BCUT2D eigenvalue weighted by molar-refractivity contribution is 5.32. The van der Waals surface area contributed by atoms with Gasteiger partial charge in [-0.05, 0) is 25.5 Å². The minimum atomic E-state index is -0.407. The van der Waals surface area contributed by atoms with Crippen molar-refractivity contribution in [3.8, 4) is 11.6 Å². The van der Waals surface area contributed by atoms with Gasteiger partial charge in [0.15, 0.2) is 0 Å². The summed E-state index contributed by atoms with van der Waals surface area (Å²) in [6.45, 7) is 3.92. The lowest BCUT2D eigenvalue weighted by molar-refractivity contribution is 0.241. The molecule has 20 heavy (non-hydrogen) atoms. The van der Waals surface area contributed by atoms with E-state index in [1.54, 1.807) is 25.6 Å². The Kier molecular flexibility index (Phi) is 4.47. The van der Waals surface area contributed by atoms with Crippen molar-refractivity contribution < 1.29 is 9.47 Å². The lowest BCUT2D eigenvalue weighted by atomic mass is 10.1. The molecule has 1 unspecified atom stereocenters. The van der Waals surface area contributed by atoms with Crippen LogP contribution in [0.5, 0.6) is 11.6 Å². The molecule has 0 aliphatic heterocycles. The van der Waals surface area contributed by atoms with Crippen LogP contribution in [0.25, 0.3) is 0 Å². The molecule has 0 bridgehead atoms. The molecule has 0 radical (unpaired) electrons. The molecule has 0 saturated carbocycles. The second-order valence-electron chi connectivity index (χ2n) is 4.58. The first-order valence-corrected chi connectivity index (χ1v) is 6.33. The van der Waals surface area contributed by atoms with Gasteiger partial charge in [0, 0.05) is 12.3 Å². The molecule has 1 atom stereocenters. The Balaban J connectivity index is 2.25. The summed E-state index contributed by atoms with van der Waals surface area (Å²) >= 11 is 0. The number of methoxy groups -OCH3 is 1. The van der Waals surface area contributed by atoms with Crippen LogP contribution in [-0.2, 0) is 0 Å². The molecule has 0 amide bonds. The highest BCUT2D eigenvalue weighted by Gasteiger charge is 2.13. The van der Waals surface area contributed by atoms with Crippen molar-refractivity contribution in [2.24, 2.45) is 5.73 Å². The summed E-state index contributed by atoms with van der Waals surface area (Å²) in [5.74, 6) is 1.17. The Morgan fingerprint density at radius 2 is 1.95 bits per heavy atom. The van der Waals surface area contributed by atoms with Crippen molar-refractivity contribution in [1.29, 1.82) is 0 Å². The van der Waals surface area contributed by atoms with Crippen LogP contribution in [0.4, 0.5) is 0 Å². The predicted molar refractivity (Wildman–Crippen MR) is 74.6 cm³/mol. The average molecular weight is 274 g/mol. The van der Waals surface area contributed by atoms with Gasteiger partial charge in [-0.15, -0.1) is 0 Å². The van der Waals surface area contributed by atoms with E-state index in [2.05, 4.69) is 15.0 Å². The molecule has 2 heterocycles. The number of hydrogen-bond donors (Lipinski definition) is 1. The maximum absolute atomic E-state index is 6.20. The average Bonchev–Trinajstić information content (AvgIpc) is 2.46. The first-order chi connectivity index (χ1) is 9.60. The molecule has 0 aliphatic rings. The van der Waals surface area contributed by atoms with Crippen molar-refractivity contribution in [3.05, 3.63) is 42.1 Å². The number of ether oxygens (including phenoxy) is 2. The van der Waals surface area contributed by atoms with Gasteiger partial charge in [0.25, 0.3) is 0 Å². The molecular weight excluding hydrogens is 256 g/mol. The largest absolute Gasteiger partial charge is 0.489 e. The molecule has 106 valence electrons. The molecule has 0 aliphatic carbocycles. The third kappa shape index (κ3) is 3.42. The summed E-state index contributed by atoms with van der Waals surface area (Å²) in [6.07, 6.45) is 4.88. The van der Waals surface area contributed by atoms with Gasteiger partial charge in [-0.1, -0.05) is 0 Å². The molecule has 0 aromatic carbocycles. The fraction of sp³-hybridized carbons (Fsp3) is 0.357. The van der Waals surface area contributed by atoms with Gasteiger partial charge in [0.05, 0.1) is 31.1 Å². The number of pyridine rings is 1. The molecular formula is C14H18N4O2. The van der Waals surface area contributed by atoms with E-state index in [9.17, 15) is 0 Å². The zero-order valence-electron chi connectivity index (χ0n) is 11.8. The van der Waals surface area contributed by atoms with Crippen LogP contribution in [0, 0.1) is 0 Å². The van der Waals surface area contributed by atoms with Crippen LogP contribution in [0.2, 0.25) is 0 Å². The monoisotopic (exact) mass is 274 g/mol. The normalized spacial score (nSPS) is 12.2. The van der Waals surface area contributed by atoms with Gasteiger partial charge in [0.1, 0.15) is 12.1 Å². The van der Waals surface area contributed by atoms with Gasteiger partial charge in [-0.25, -0.2) is 9.97 Å². The fourth-order valence-electron chi connectivity index (χ4n) is 1.75. The topological polar surface area (TPSA) is 83.2 Å². The lowest BCUT2D eigenvalue weighted by Crippen LogP contribution is -2.15. The van der Waals surface area contributed by atoms with Crippen molar-refractivity contribution in [2.75, 3.05) is 7.11 Å². The Hall–Kier alpha value is -2.21. The van der Waals surface area contributed by atoms with Gasteiger partial charge in [-0.3, -0.25) is 4.98 Å². The maximum atomic E-state index is 6.20. The molecule has 0 spiro atoms. The molecule has 0 saturated heterocycles. The zero-order valence-corrected chi connectivity index (χ0v) is 11.8. The number of aromatic nitrogens is 3. The van der Waals surface area contributed by atoms with Crippen LogP contribution in [0.3, 0.4) is 0 Å². The zero-order chi connectivity index (χ0) is 14.5. The van der Waals surface area contributed by atoms with E-state index < -0.39 is 6.04 Å². The maximum Gasteiger partial charge on any atom is 0.216 e. The first-order valence-electron chi connectivity index (χ1n) is 6.33. The lowest BCUT2D eigenvalue weighted by Gasteiger charge is -2.14. The quantitative estimate of drug-likeness (QED) is 0.893. The number of hydrogen-bond acceptors (Lipinski definition) is 6. The Morgan fingerprint density at radius 3 is 2.65 bits per heavy atom. The van der Waals surface area contributed by atoms with Gasteiger partial charge >= 0.3 is 0 Å². The molecule has 0 fully saturated rings. The van der Waals surface area contributed by atoms with E-state index in [0.29, 0.717) is 17.3 Å². The number of nitrogens with two attached hydrogens (primary N) is 1. The Bertz CT molecular complexity index is 575. The summed E-state index contributed by atoms with van der Waals surface area (Å²) in [7, 11) is 1.55. The van der Waals surface area contributed by atoms with Crippen LogP contribution in [0.15, 0.2) is 30.9 Å². The summed E-state index contributed by atoms with van der Waals surface area (Å²) in [4.78, 5) is 12.3. The third-order valence-electron chi connectivity index (χ3n) is 2.66. The summed E-state index contributed by atoms with van der Waals surface area (Å²) in [5, 5.41) is 0. The van der Waals surface area contributed by atoms with E-state index >= 15 is 0 Å². The molecule has 6 heteroatoms. The Labute approximate surface area is 118 Å². The minimum absolute atomic E-state index is 0.0856. The summed E-state index contributed by atoms with van der Waals surface area (Å²) in [6, 6.07) is 3.17. The smallest absolute Gasteiger partial charge is 0.216 e. The third-order valence-corrected chi connectivity index (χ3v) is 2.66.